The van der Waals surface area contributed by atoms with Gasteiger partial charge < -0.3 is 4.74 Å². The third-order valence-corrected chi connectivity index (χ3v) is 2.86. The maximum atomic E-state index is 11.8. The number of hydrogen-bond donors (Lipinski definition) is 0. The van der Waals surface area contributed by atoms with E-state index < -0.39 is 17.1 Å². The summed E-state index contributed by atoms with van der Waals surface area (Å²) in [5.74, 6) is -0.224. The van der Waals surface area contributed by atoms with Crippen molar-refractivity contribution in [2.75, 3.05) is 0 Å². The van der Waals surface area contributed by atoms with Gasteiger partial charge in [-0.05, 0) is 24.1 Å². The Labute approximate surface area is 106 Å². The van der Waals surface area contributed by atoms with E-state index in [-0.39, 0.29) is 11.5 Å². The van der Waals surface area contributed by atoms with Gasteiger partial charge >= 0.3 is 0 Å². The molecule has 2 rings (SSSR count). The highest BCUT2D eigenvalue weighted by Crippen LogP contribution is 2.40. The minimum atomic E-state index is -1.49. The summed E-state index contributed by atoms with van der Waals surface area (Å²) in [7, 11) is 0. The van der Waals surface area contributed by atoms with Gasteiger partial charge in [-0.25, -0.2) is 0 Å². The number of ether oxygens (including phenoxy) is 1. The monoisotopic (exact) mass is 250 g/mol. The average molecular weight is 250 g/mol. The fraction of sp³-hybridized carbons (Fsp3) is 0.462. The number of rotatable bonds is 6. The molecule has 5 heteroatoms. The lowest BCUT2D eigenvalue weighted by molar-refractivity contribution is -0.384. The Balaban J connectivity index is 2.05. The number of carbonyl (C=O) groups is 1. The number of ketones is 1. The van der Waals surface area contributed by atoms with Crippen molar-refractivity contribution in [3.05, 3.63) is 39.9 Å². The summed E-state index contributed by atoms with van der Waals surface area (Å²) in [6.07, 6.45) is -0.119. The fourth-order valence-corrected chi connectivity index (χ4v) is 1.76. The molecule has 0 bridgehead atoms. The van der Waals surface area contributed by atoms with Gasteiger partial charge in [-0.1, -0.05) is 13.3 Å². The molecule has 18 heavy (non-hydrogen) atoms. The Kier molecular flexibility index (Phi) is 3.32. The summed E-state index contributed by atoms with van der Waals surface area (Å²) < 4.78 is 13.2. The number of unbranched alkanes of at least 4 members (excludes halogenated alkanes) is 1. The lowest BCUT2D eigenvalue weighted by Gasteiger charge is -1.96. The summed E-state index contributed by atoms with van der Waals surface area (Å²) in [6.45, 7) is 1.98. The molecule has 1 aliphatic heterocycles. The van der Waals surface area contributed by atoms with Crippen LogP contribution in [0.2, 0.25) is 0 Å². The van der Waals surface area contributed by atoms with Crippen molar-refractivity contribution in [1.29, 1.82) is 0 Å². The van der Waals surface area contributed by atoms with Gasteiger partial charge in [0, 0.05) is 18.6 Å². The molecular formula is C13H15NO4. The molecular weight excluding hydrogens is 234 g/mol. The van der Waals surface area contributed by atoms with E-state index in [0.29, 0.717) is 12.0 Å². The van der Waals surface area contributed by atoms with Gasteiger partial charge in [-0.15, -0.1) is 0 Å². The van der Waals surface area contributed by atoms with Crippen LogP contribution in [0.25, 0.3) is 0 Å². The lowest BCUT2D eigenvalue weighted by Crippen LogP contribution is -2.07. The predicted molar refractivity (Wildman–Crippen MR) is 65.2 cm³/mol. The molecule has 0 aliphatic carbocycles. The first-order valence-corrected chi connectivity index (χ1v) is 5.94. The van der Waals surface area contributed by atoms with E-state index in [1.54, 1.807) is 0 Å². The Morgan fingerprint density at radius 1 is 1.50 bits per heavy atom. The first kappa shape index (κ1) is 11.3. The molecule has 96 valence electrons. The SMILES string of the molecule is [2H]C1(C(=O)CCCC)OC1c1ccc([N+](=O)[O-])cc1. The molecule has 0 saturated carbocycles. The van der Waals surface area contributed by atoms with Crippen LogP contribution < -0.4 is 0 Å². The van der Waals surface area contributed by atoms with Crippen molar-refractivity contribution in [3.8, 4) is 0 Å². The van der Waals surface area contributed by atoms with Crippen molar-refractivity contribution in [2.45, 2.75) is 38.4 Å². The molecule has 0 aromatic heterocycles. The Hall–Kier alpha value is -1.75. The number of nitrogens with zero attached hydrogens (tertiary/aromatic N) is 1. The van der Waals surface area contributed by atoms with Gasteiger partial charge in [0.15, 0.2) is 5.78 Å². The van der Waals surface area contributed by atoms with E-state index in [4.69, 9.17) is 6.11 Å². The normalized spacial score (nSPS) is 26.5. The van der Waals surface area contributed by atoms with Crippen molar-refractivity contribution >= 4 is 11.5 Å². The molecule has 0 radical (unpaired) electrons. The molecule has 0 amide bonds. The predicted octanol–water partition coefficient (Wildman–Crippen LogP) is 2.79. The molecule has 1 heterocycles. The lowest BCUT2D eigenvalue weighted by atomic mass is 10.0. The highest BCUT2D eigenvalue weighted by molar-refractivity contribution is 5.86. The molecule has 1 fully saturated rings. The third kappa shape index (κ3) is 2.73. The minimum Gasteiger partial charge on any atom is -0.356 e. The fourth-order valence-electron chi connectivity index (χ4n) is 1.76. The summed E-state index contributed by atoms with van der Waals surface area (Å²) in [5.41, 5.74) is 0.614. The zero-order valence-corrected chi connectivity index (χ0v) is 10.1. The quantitative estimate of drug-likeness (QED) is 0.442. The Morgan fingerprint density at radius 3 is 2.72 bits per heavy atom. The van der Waals surface area contributed by atoms with Crippen molar-refractivity contribution in [1.82, 2.24) is 0 Å². The second-order valence-corrected chi connectivity index (χ2v) is 4.24. The van der Waals surface area contributed by atoms with Crippen molar-refractivity contribution in [3.63, 3.8) is 0 Å². The van der Waals surface area contributed by atoms with Crippen LogP contribution in [-0.4, -0.2) is 16.8 Å². The zero-order valence-electron chi connectivity index (χ0n) is 11.1. The van der Waals surface area contributed by atoms with Crippen LogP contribution in [0.15, 0.2) is 24.3 Å². The van der Waals surface area contributed by atoms with Crippen molar-refractivity contribution < 1.29 is 15.8 Å². The van der Waals surface area contributed by atoms with E-state index in [9.17, 15) is 14.9 Å². The van der Waals surface area contributed by atoms with Gasteiger partial charge in [0.05, 0.1) is 6.29 Å². The second kappa shape index (κ2) is 5.27. The molecule has 1 aliphatic rings. The van der Waals surface area contributed by atoms with Gasteiger partial charge in [0.1, 0.15) is 12.2 Å². The topological polar surface area (TPSA) is 72.7 Å². The summed E-state index contributed by atoms with van der Waals surface area (Å²) in [5, 5.41) is 10.5. The number of nitro groups is 1. The largest absolute Gasteiger partial charge is 0.356 e. The van der Waals surface area contributed by atoms with Crippen LogP contribution >= 0.6 is 0 Å². The molecule has 0 N–H and O–H groups in total. The van der Waals surface area contributed by atoms with Crippen LogP contribution in [0.5, 0.6) is 0 Å². The molecule has 1 saturated heterocycles. The first-order chi connectivity index (χ1) is 8.99. The second-order valence-electron chi connectivity index (χ2n) is 4.24. The number of Topliss-reactive ketones (excluding diaryl/α,β-unsaturated/α-hetero) is 1. The molecule has 2 unspecified atom stereocenters. The van der Waals surface area contributed by atoms with Crippen LogP contribution in [0, 0.1) is 10.1 Å². The number of hydrogen-bond acceptors (Lipinski definition) is 4. The summed E-state index contributed by atoms with van der Waals surface area (Å²) in [6, 6.07) is 5.78. The maximum Gasteiger partial charge on any atom is 0.269 e. The van der Waals surface area contributed by atoms with Crippen LogP contribution in [0.4, 0.5) is 5.69 Å². The number of epoxide rings is 1. The maximum absolute atomic E-state index is 11.8. The molecule has 2 atom stereocenters. The van der Waals surface area contributed by atoms with Crippen LogP contribution in [0.1, 0.15) is 39.2 Å². The van der Waals surface area contributed by atoms with E-state index in [1.165, 1.54) is 24.3 Å². The van der Waals surface area contributed by atoms with Crippen LogP contribution in [-0.2, 0) is 9.53 Å². The van der Waals surface area contributed by atoms with Crippen LogP contribution in [0.3, 0.4) is 0 Å². The third-order valence-electron chi connectivity index (χ3n) is 2.86. The molecule has 0 spiro atoms. The number of nitro benzene ring substituents is 1. The number of non-ortho nitro benzene ring substituents is 1. The smallest absolute Gasteiger partial charge is 0.269 e. The van der Waals surface area contributed by atoms with Gasteiger partial charge in [-0.3, -0.25) is 14.9 Å². The van der Waals surface area contributed by atoms with Crippen molar-refractivity contribution in [2.24, 2.45) is 0 Å². The highest BCUT2D eigenvalue weighted by Gasteiger charge is 2.45. The Morgan fingerprint density at radius 2 is 2.17 bits per heavy atom. The van der Waals surface area contributed by atoms with E-state index >= 15 is 0 Å². The minimum absolute atomic E-state index is 0.0164. The summed E-state index contributed by atoms with van der Waals surface area (Å²) in [4.78, 5) is 21.9. The summed E-state index contributed by atoms with van der Waals surface area (Å²) >= 11 is 0. The first-order valence-electron chi connectivity index (χ1n) is 6.44. The molecule has 5 nitrogen and oxygen atoms in total. The zero-order chi connectivity index (χ0) is 14.0. The van der Waals surface area contributed by atoms with Gasteiger partial charge in [-0.2, -0.15) is 0 Å². The molecule has 1 aromatic carbocycles. The van der Waals surface area contributed by atoms with E-state index in [0.717, 1.165) is 12.8 Å². The van der Waals surface area contributed by atoms with E-state index in [1.807, 2.05) is 6.92 Å². The molecule has 1 aromatic rings. The standard InChI is InChI=1S/C13H15NO4/c1-2-3-4-11(15)13-12(18-13)9-5-7-10(8-6-9)14(16)17/h5-8,12-13H,2-4H2,1H3/i13D. The number of carbonyl (C=O) groups excluding carboxylic acids is 1. The van der Waals surface area contributed by atoms with E-state index in [2.05, 4.69) is 0 Å². The van der Waals surface area contributed by atoms with Gasteiger partial charge in [0.2, 0.25) is 0 Å². The van der Waals surface area contributed by atoms with Gasteiger partial charge in [0.25, 0.3) is 5.69 Å². The average Bonchev–Trinajstić information content (AvgIpc) is 3.10. The number of benzene rings is 1. The Bertz CT molecular complexity index is 502. The highest BCUT2D eigenvalue weighted by atomic mass is 16.6.